The fraction of sp³-hybridized carbons (Fsp3) is 0.0526. The normalized spacial score (nSPS) is 19.7. The maximum atomic E-state index is 2.32. The molecule has 0 saturated heterocycles. The predicted molar refractivity (Wildman–Crippen MR) is 472 cm³/mol. The van der Waals surface area contributed by atoms with Crippen LogP contribution >= 0.6 is 282 Å². The standard InChI is InChI=1S/C76H42S24/c1-77-73-75(99-71(97-73)61-57(67-89-45-27-11-12-28-46(45)90-67)53(63-81-37-19-3-4-20-38(37)82-63)54(64-83-39-21-5-6-22-40(39)84-64)58(61)68-91-47-29-13-14-30-48(47)92-68)79-35-36-80-76-74(78-2)98-72(100-76)62-59(69-93-49-31-15-16-32-50(49)94-69)55(65-85-41-23-7-8-24-42(41)86-65)56(66-87-43-25-9-10-26-44(43)88-66)60(62)70-95-51-33-17-18-34-52(51)96-70/h3-34H,35-36H2,1-2H3. The van der Waals surface area contributed by atoms with E-state index < -0.39 is 0 Å². The highest BCUT2D eigenvalue weighted by Gasteiger charge is 2.49. The monoisotopic (exact) mass is 1720 g/mol. The smallest absolute Gasteiger partial charge is 0.0660 e. The van der Waals surface area contributed by atoms with Crippen LogP contribution in [0.15, 0.2) is 388 Å². The van der Waals surface area contributed by atoms with Gasteiger partial charge in [-0.05, 0) is 110 Å². The molecule has 490 valence electrons. The summed E-state index contributed by atoms with van der Waals surface area (Å²) in [5, 5.41) is 0. The highest BCUT2D eigenvalue weighted by molar-refractivity contribution is 8.42. The Morgan fingerprint density at radius 1 is 0.170 bits per heavy atom. The number of rotatable bonds is 7. The predicted octanol–water partition coefficient (Wildman–Crippen LogP) is 31.7. The van der Waals surface area contributed by atoms with Gasteiger partial charge < -0.3 is 0 Å². The molecule has 2 saturated carbocycles. The van der Waals surface area contributed by atoms with Gasteiger partial charge in [-0.25, -0.2) is 0 Å². The third-order valence-corrected chi connectivity index (χ3v) is 48.1. The van der Waals surface area contributed by atoms with E-state index in [0.717, 1.165) is 11.5 Å². The van der Waals surface area contributed by atoms with Gasteiger partial charge in [-0.1, -0.05) is 332 Å². The zero-order valence-electron chi connectivity index (χ0n) is 51.7. The van der Waals surface area contributed by atoms with Gasteiger partial charge in [0, 0.05) is 146 Å². The highest BCUT2D eigenvalue weighted by atomic mass is 32.3. The molecule has 0 nitrogen and oxygen atoms in total. The van der Waals surface area contributed by atoms with Gasteiger partial charge >= 0.3 is 0 Å². The van der Waals surface area contributed by atoms with Crippen molar-refractivity contribution in [2.24, 2.45) is 0 Å². The fourth-order valence-electron chi connectivity index (χ4n) is 12.3. The van der Waals surface area contributed by atoms with Crippen LogP contribution in [0.4, 0.5) is 0 Å². The Labute approximate surface area is 684 Å². The van der Waals surface area contributed by atoms with E-state index in [-0.39, 0.29) is 0 Å². The summed E-state index contributed by atoms with van der Waals surface area (Å²) in [7, 11) is 0. The van der Waals surface area contributed by atoms with Crippen LogP contribution in [0.3, 0.4) is 0 Å². The fourth-order valence-corrected chi connectivity index (χ4v) is 44.2. The van der Waals surface area contributed by atoms with Crippen LogP contribution in [-0.2, 0) is 0 Å². The summed E-state index contributed by atoms with van der Waals surface area (Å²) < 4.78 is 19.5. The average molecular weight is 1720 g/mol. The van der Waals surface area contributed by atoms with Crippen molar-refractivity contribution in [1.29, 1.82) is 0 Å². The molecule has 8 aromatic rings. The van der Waals surface area contributed by atoms with Crippen molar-refractivity contribution in [3.05, 3.63) is 309 Å². The van der Waals surface area contributed by atoms with Gasteiger partial charge in [0.05, 0.1) is 59.3 Å². The van der Waals surface area contributed by atoms with E-state index >= 15 is 0 Å². The molecule has 100 heavy (non-hydrogen) atoms. The van der Waals surface area contributed by atoms with Crippen LogP contribution in [0.25, 0.3) is 0 Å². The van der Waals surface area contributed by atoms with Crippen LogP contribution in [0.5, 0.6) is 0 Å². The van der Waals surface area contributed by atoms with Gasteiger partial charge in [0.2, 0.25) is 0 Å². The zero-order chi connectivity index (χ0) is 66.1. The van der Waals surface area contributed by atoms with Crippen molar-refractivity contribution in [3.8, 4) is 0 Å². The van der Waals surface area contributed by atoms with Gasteiger partial charge in [-0.2, -0.15) is 0 Å². The first-order valence-electron chi connectivity index (χ1n) is 31.0. The molecular formula is C76H42S24. The number of hydrogen-bond acceptors (Lipinski definition) is 24. The van der Waals surface area contributed by atoms with Crippen molar-refractivity contribution in [3.63, 3.8) is 0 Å². The largest absolute Gasteiger partial charge is 0.121 e. The molecule has 0 N–H and O–H groups in total. The van der Waals surface area contributed by atoms with E-state index in [1.807, 2.05) is 259 Å². The Kier molecular flexibility index (Phi) is 20.1. The van der Waals surface area contributed by atoms with Crippen LogP contribution in [0, 0.1) is 0 Å². The molecule has 0 unspecified atom stereocenters. The molecule has 10 heterocycles. The maximum absolute atomic E-state index is 2.32. The minimum Gasteiger partial charge on any atom is -0.121 e. The van der Waals surface area contributed by atoms with E-state index in [1.165, 1.54) is 193 Å². The molecule has 0 radical (unpaired) electrons. The molecular weight excluding hydrogens is 1680 g/mol. The molecule has 0 bridgehead atoms. The quantitative estimate of drug-likeness (QED) is 0.139. The minimum absolute atomic E-state index is 0.992. The lowest BCUT2D eigenvalue weighted by molar-refractivity contribution is 1.27. The van der Waals surface area contributed by atoms with E-state index in [2.05, 4.69) is 230 Å². The molecule has 10 aliphatic heterocycles. The summed E-state index contributed by atoms with van der Waals surface area (Å²) in [5.74, 6) is 1.98. The van der Waals surface area contributed by atoms with Gasteiger partial charge in [-0.3, -0.25) is 0 Å². The number of fused-ring (bicyclic) bond motifs is 8. The van der Waals surface area contributed by atoms with E-state index in [1.54, 1.807) is 0 Å². The minimum atomic E-state index is 0.992. The number of hydrogen-bond donors (Lipinski definition) is 0. The second-order valence-corrected chi connectivity index (χ2v) is 50.9. The Balaban J connectivity index is 0.678. The molecule has 0 amide bonds. The third kappa shape index (κ3) is 12.6. The third-order valence-electron chi connectivity index (χ3n) is 16.6. The van der Waals surface area contributed by atoms with E-state index in [9.17, 15) is 0 Å². The highest BCUT2D eigenvalue weighted by Crippen LogP contribution is 2.75. The van der Waals surface area contributed by atoms with Crippen molar-refractivity contribution in [1.82, 2.24) is 0 Å². The Morgan fingerprint density at radius 3 is 0.420 bits per heavy atom. The summed E-state index contributed by atoms with van der Waals surface area (Å²) >= 11 is 47.7. The van der Waals surface area contributed by atoms with E-state index in [4.69, 9.17) is 0 Å². The lowest BCUT2D eigenvalue weighted by atomic mass is 10.1. The Morgan fingerprint density at radius 2 is 0.290 bits per heavy atom. The van der Waals surface area contributed by atoms with Crippen LogP contribution in [0.2, 0.25) is 0 Å². The van der Waals surface area contributed by atoms with Crippen LogP contribution < -0.4 is 0 Å². The second-order valence-electron chi connectivity index (χ2n) is 22.5. The lowest BCUT2D eigenvalue weighted by Crippen LogP contribution is -1.91. The molecule has 8 aromatic carbocycles. The zero-order valence-corrected chi connectivity index (χ0v) is 71.3. The summed E-state index contributed by atoms with van der Waals surface area (Å²) in [4.78, 5) is 21.5. The molecule has 2 aliphatic carbocycles. The first-order chi connectivity index (χ1) is 49.4. The molecule has 20 rings (SSSR count). The topological polar surface area (TPSA) is 0 Å². The first-order valence-corrected chi connectivity index (χ1v) is 51.7. The molecule has 0 spiro atoms. The summed E-state index contributed by atoms with van der Waals surface area (Å²) in [6.07, 6.45) is 4.60. The molecule has 24 heteroatoms. The lowest BCUT2D eigenvalue weighted by Gasteiger charge is -2.13. The summed E-state index contributed by atoms with van der Waals surface area (Å²) in [6.45, 7) is 0. The first kappa shape index (κ1) is 68.3. The van der Waals surface area contributed by atoms with E-state index in [0.29, 0.717) is 0 Å². The number of allylic oxidation sites excluding steroid dienone is 10. The number of benzene rings is 8. The van der Waals surface area contributed by atoms with Crippen molar-refractivity contribution < 1.29 is 0 Å². The Bertz CT molecular complexity index is 4580. The Hall–Kier alpha value is -0.960. The van der Waals surface area contributed by atoms with Gasteiger partial charge in [0.15, 0.2) is 0 Å². The van der Waals surface area contributed by atoms with Crippen molar-refractivity contribution >= 4 is 282 Å². The second kappa shape index (κ2) is 29.5. The molecule has 0 aromatic heterocycles. The van der Waals surface area contributed by atoms with Gasteiger partial charge in [-0.15, -0.1) is 47.0 Å². The van der Waals surface area contributed by atoms with Crippen LogP contribution in [-0.4, -0.2) is 24.0 Å². The molecule has 12 aliphatic rings. The SMILES string of the molecule is CSC1=C(SCCSC2=C(SC)SC(=C3C(=C4Sc5ccccc5S4)C(=C4Sc5ccccc5S4)C(=C4Sc5ccccc5S4)C3=C3Sc4ccccc4S3)S2)SC(=C2C(=C3Sc4ccccc4S3)C(=C3Sc4ccccc4S3)C(=C3Sc4ccccc4S3)C2=C2Sc3ccccc3S2)S1. The van der Waals surface area contributed by atoms with Crippen molar-refractivity contribution in [2.75, 3.05) is 24.0 Å². The molecule has 2 fully saturated rings. The van der Waals surface area contributed by atoms with Gasteiger partial charge in [0.1, 0.15) is 0 Å². The summed E-state index contributed by atoms with van der Waals surface area (Å²) in [5.41, 5.74) is 14.0. The van der Waals surface area contributed by atoms with Crippen molar-refractivity contribution in [2.45, 2.75) is 78.3 Å². The summed E-state index contributed by atoms with van der Waals surface area (Å²) in [6, 6.07) is 72.5. The number of thioether (sulfide) groups is 24. The maximum Gasteiger partial charge on any atom is 0.0660 e. The van der Waals surface area contributed by atoms with Crippen LogP contribution in [0.1, 0.15) is 0 Å². The molecule has 0 atom stereocenters. The van der Waals surface area contributed by atoms with Gasteiger partial charge in [0.25, 0.3) is 0 Å². The average Bonchev–Trinajstić information content (AvgIpc) is 1.56.